The molecular formula is C13H19FN4O. The summed E-state index contributed by atoms with van der Waals surface area (Å²) in [4.78, 5) is 16.7. The van der Waals surface area contributed by atoms with Crippen LogP contribution in [-0.2, 0) is 0 Å². The highest BCUT2D eigenvalue weighted by molar-refractivity contribution is 5.77. The summed E-state index contributed by atoms with van der Waals surface area (Å²) >= 11 is 0. The number of rotatable bonds is 1. The van der Waals surface area contributed by atoms with Gasteiger partial charge in [0, 0.05) is 31.2 Å². The molecule has 2 saturated heterocycles. The lowest BCUT2D eigenvalue weighted by molar-refractivity contribution is 0.0699. The number of likely N-dealkylation sites (tertiary alicyclic amines) is 1. The number of piperazine rings is 1. The molecule has 3 rings (SSSR count). The Bertz CT molecular complexity index is 473. The summed E-state index contributed by atoms with van der Waals surface area (Å²) in [5.74, 6) is -0.471. The number of fused-ring (bicyclic) bond motifs is 2. The van der Waals surface area contributed by atoms with Crippen LogP contribution in [0.25, 0.3) is 0 Å². The largest absolute Gasteiger partial charge is 0.345 e. The molecule has 1 amide bonds. The average molecular weight is 266 g/mol. The molecule has 2 aliphatic heterocycles. The molecule has 6 heteroatoms. The summed E-state index contributed by atoms with van der Waals surface area (Å²) in [7, 11) is 0. The van der Waals surface area contributed by atoms with Gasteiger partial charge in [-0.1, -0.05) is 0 Å². The number of carbonyl (C=O) groups excluding carboxylic acids is 1. The molecule has 0 aromatic carbocycles. The van der Waals surface area contributed by atoms with E-state index in [1.807, 2.05) is 4.90 Å². The maximum absolute atomic E-state index is 13.0. The molecule has 0 N–H and O–H groups in total. The SMILES string of the molecule is CC(C)N1CC2CCC(C1)N2C(=O)n1cc(F)cn1. The molecule has 2 fully saturated rings. The zero-order chi connectivity index (χ0) is 13.6. The number of amides is 1. The maximum Gasteiger partial charge on any atom is 0.345 e. The Morgan fingerprint density at radius 2 is 2.00 bits per heavy atom. The molecular weight excluding hydrogens is 247 g/mol. The lowest BCUT2D eigenvalue weighted by atomic mass is 10.1. The molecule has 2 atom stereocenters. The summed E-state index contributed by atoms with van der Waals surface area (Å²) in [5.41, 5.74) is 0. The molecule has 0 aliphatic carbocycles. The van der Waals surface area contributed by atoms with Gasteiger partial charge in [0.1, 0.15) is 0 Å². The number of aromatic nitrogens is 2. The monoisotopic (exact) mass is 266 g/mol. The summed E-state index contributed by atoms with van der Waals surface area (Å²) < 4.78 is 14.1. The standard InChI is InChI=1S/C13H19FN4O/c1-9(2)16-7-11-3-4-12(8-16)18(11)13(19)17-6-10(14)5-15-17/h5-6,9,11-12H,3-4,7-8H2,1-2H3. The second kappa shape index (κ2) is 4.59. The Morgan fingerprint density at radius 1 is 1.37 bits per heavy atom. The molecule has 104 valence electrons. The number of hydrogen-bond acceptors (Lipinski definition) is 3. The molecule has 3 heterocycles. The molecule has 0 spiro atoms. The first-order valence-electron chi connectivity index (χ1n) is 6.83. The minimum atomic E-state index is -0.471. The highest BCUT2D eigenvalue weighted by Gasteiger charge is 2.43. The van der Waals surface area contributed by atoms with Crippen LogP contribution in [0.5, 0.6) is 0 Å². The third-order valence-electron chi connectivity index (χ3n) is 4.21. The molecule has 5 nitrogen and oxygen atoms in total. The number of hydrogen-bond donors (Lipinski definition) is 0. The Hall–Kier alpha value is -1.43. The third-order valence-corrected chi connectivity index (χ3v) is 4.21. The van der Waals surface area contributed by atoms with Crippen molar-refractivity contribution in [3.8, 4) is 0 Å². The van der Waals surface area contributed by atoms with Crippen LogP contribution in [0.2, 0.25) is 0 Å². The van der Waals surface area contributed by atoms with Crippen molar-refractivity contribution in [3.63, 3.8) is 0 Å². The first kappa shape index (κ1) is 12.6. The van der Waals surface area contributed by atoms with Crippen molar-refractivity contribution in [1.29, 1.82) is 0 Å². The number of carbonyl (C=O) groups is 1. The van der Waals surface area contributed by atoms with Crippen molar-refractivity contribution in [3.05, 3.63) is 18.2 Å². The fourth-order valence-corrected chi connectivity index (χ4v) is 3.19. The van der Waals surface area contributed by atoms with Crippen molar-refractivity contribution >= 4 is 6.03 Å². The van der Waals surface area contributed by atoms with E-state index in [1.54, 1.807) is 0 Å². The second-order valence-corrected chi connectivity index (χ2v) is 5.73. The van der Waals surface area contributed by atoms with Gasteiger partial charge in [0.2, 0.25) is 0 Å². The van der Waals surface area contributed by atoms with Crippen molar-refractivity contribution in [1.82, 2.24) is 19.6 Å². The van der Waals surface area contributed by atoms with E-state index in [1.165, 1.54) is 0 Å². The van der Waals surface area contributed by atoms with Gasteiger partial charge < -0.3 is 4.90 Å². The predicted molar refractivity (Wildman–Crippen MR) is 68.3 cm³/mol. The van der Waals surface area contributed by atoms with Crippen LogP contribution >= 0.6 is 0 Å². The van der Waals surface area contributed by atoms with Crippen LogP contribution in [0.4, 0.5) is 9.18 Å². The van der Waals surface area contributed by atoms with Crippen LogP contribution in [0.15, 0.2) is 12.4 Å². The van der Waals surface area contributed by atoms with E-state index >= 15 is 0 Å². The topological polar surface area (TPSA) is 41.4 Å². The summed E-state index contributed by atoms with van der Waals surface area (Å²) in [6.45, 7) is 6.17. The molecule has 19 heavy (non-hydrogen) atoms. The zero-order valence-corrected chi connectivity index (χ0v) is 11.3. The van der Waals surface area contributed by atoms with Crippen LogP contribution in [0.3, 0.4) is 0 Å². The number of nitrogens with zero attached hydrogens (tertiary/aromatic N) is 4. The predicted octanol–water partition coefficient (Wildman–Crippen LogP) is 1.55. The fraction of sp³-hybridized carbons (Fsp3) is 0.692. The van der Waals surface area contributed by atoms with E-state index < -0.39 is 5.82 Å². The molecule has 1 aromatic rings. The maximum atomic E-state index is 13.0. The van der Waals surface area contributed by atoms with Gasteiger partial charge in [-0.15, -0.1) is 0 Å². The van der Waals surface area contributed by atoms with E-state index in [-0.39, 0.29) is 18.1 Å². The van der Waals surface area contributed by atoms with E-state index in [9.17, 15) is 9.18 Å². The van der Waals surface area contributed by atoms with Gasteiger partial charge in [0.25, 0.3) is 0 Å². The Labute approximate surface area is 112 Å². The molecule has 0 saturated carbocycles. The normalized spacial score (nSPS) is 27.3. The fourth-order valence-electron chi connectivity index (χ4n) is 3.19. The van der Waals surface area contributed by atoms with E-state index in [0.717, 1.165) is 43.0 Å². The molecule has 2 aliphatic rings. The van der Waals surface area contributed by atoms with E-state index in [2.05, 4.69) is 23.8 Å². The van der Waals surface area contributed by atoms with Gasteiger partial charge >= 0.3 is 6.03 Å². The van der Waals surface area contributed by atoms with Gasteiger partial charge in [-0.2, -0.15) is 9.78 Å². The van der Waals surface area contributed by atoms with Gasteiger partial charge in [-0.3, -0.25) is 4.90 Å². The third kappa shape index (κ3) is 2.14. The van der Waals surface area contributed by atoms with Crippen LogP contribution in [-0.4, -0.2) is 56.8 Å². The zero-order valence-electron chi connectivity index (χ0n) is 11.3. The van der Waals surface area contributed by atoms with Crippen LogP contribution in [0, 0.1) is 5.82 Å². The average Bonchev–Trinajstić information content (AvgIpc) is 2.90. The molecule has 2 unspecified atom stereocenters. The van der Waals surface area contributed by atoms with Crippen LogP contribution < -0.4 is 0 Å². The Kier molecular flexibility index (Phi) is 3.05. The lowest BCUT2D eigenvalue weighted by Crippen LogP contribution is -2.58. The minimum absolute atomic E-state index is 0.195. The van der Waals surface area contributed by atoms with Crippen molar-refractivity contribution in [2.75, 3.05) is 13.1 Å². The summed E-state index contributed by atoms with van der Waals surface area (Å²) in [6.07, 6.45) is 4.29. The van der Waals surface area contributed by atoms with Crippen LogP contribution in [0.1, 0.15) is 26.7 Å². The van der Waals surface area contributed by atoms with Gasteiger partial charge in [0.05, 0.1) is 12.4 Å². The van der Waals surface area contributed by atoms with Gasteiger partial charge in [-0.25, -0.2) is 9.18 Å². The first-order chi connectivity index (χ1) is 9.06. The van der Waals surface area contributed by atoms with E-state index in [0.29, 0.717) is 6.04 Å². The highest BCUT2D eigenvalue weighted by atomic mass is 19.1. The second-order valence-electron chi connectivity index (χ2n) is 5.73. The van der Waals surface area contributed by atoms with Gasteiger partial charge in [0.15, 0.2) is 5.82 Å². The lowest BCUT2D eigenvalue weighted by Gasteiger charge is -2.42. The summed E-state index contributed by atoms with van der Waals surface area (Å²) in [6, 6.07) is 0.782. The van der Waals surface area contributed by atoms with Crippen molar-refractivity contribution in [2.45, 2.75) is 44.8 Å². The Morgan fingerprint density at radius 3 is 2.47 bits per heavy atom. The Balaban J connectivity index is 1.78. The molecule has 0 radical (unpaired) electrons. The smallest absolute Gasteiger partial charge is 0.314 e. The molecule has 2 bridgehead atoms. The van der Waals surface area contributed by atoms with E-state index in [4.69, 9.17) is 0 Å². The number of halogens is 1. The quantitative estimate of drug-likeness (QED) is 0.774. The van der Waals surface area contributed by atoms with Gasteiger partial charge in [-0.05, 0) is 26.7 Å². The highest BCUT2D eigenvalue weighted by Crippen LogP contribution is 2.31. The van der Waals surface area contributed by atoms with Crippen molar-refractivity contribution in [2.24, 2.45) is 0 Å². The minimum Gasteiger partial charge on any atom is -0.314 e. The summed E-state index contributed by atoms with van der Waals surface area (Å²) in [5, 5.41) is 3.78. The van der Waals surface area contributed by atoms with Crippen molar-refractivity contribution < 1.29 is 9.18 Å². The molecule has 1 aromatic heterocycles. The first-order valence-corrected chi connectivity index (χ1v) is 6.83.